The van der Waals surface area contributed by atoms with Gasteiger partial charge in [0.05, 0.1) is 12.6 Å². The SMILES string of the molecule is Cc1c(-c2ccccc2)n(C)[n+](C)c1-c1ccccc1. The Labute approximate surface area is 119 Å². The van der Waals surface area contributed by atoms with E-state index in [1.165, 1.54) is 28.1 Å². The summed E-state index contributed by atoms with van der Waals surface area (Å²) >= 11 is 0. The van der Waals surface area contributed by atoms with Crippen molar-refractivity contribution in [2.24, 2.45) is 14.1 Å². The molecule has 0 spiro atoms. The van der Waals surface area contributed by atoms with Crippen LogP contribution in [0.5, 0.6) is 0 Å². The summed E-state index contributed by atoms with van der Waals surface area (Å²) in [4.78, 5) is 0. The lowest BCUT2D eigenvalue weighted by Crippen LogP contribution is -2.39. The fraction of sp³-hybridized carbons (Fsp3) is 0.167. The Morgan fingerprint density at radius 3 is 1.85 bits per heavy atom. The predicted octanol–water partition coefficient (Wildman–Crippen LogP) is 3.49. The van der Waals surface area contributed by atoms with Crippen LogP contribution in [0.2, 0.25) is 0 Å². The zero-order chi connectivity index (χ0) is 14.1. The van der Waals surface area contributed by atoms with Gasteiger partial charge in [0.2, 0.25) is 5.69 Å². The zero-order valence-corrected chi connectivity index (χ0v) is 12.2. The second-order valence-corrected chi connectivity index (χ2v) is 5.10. The van der Waals surface area contributed by atoms with Crippen LogP contribution in [0.1, 0.15) is 5.56 Å². The van der Waals surface area contributed by atoms with Crippen LogP contribution in [0.3, 0.4) is 0 Å². The van der Waals surface area contributed by atoms with E-state index in [0.717, 1.165) is 0 Å². The summed E-state index contributed by atoms with van der Waals surface area (Å²) in [6.07, 6.45) is 0. The van der Waals surface area contributed by atoms with E-state index in [2.05, 4.69) is 91.0 Å². The molecule has 0 aliphatic rings. The number of hydrogen-bond acceptors (Lipinski definition) is 0. The zero-order valence-electron chi connectivity index (χ0n) is 12.2. The van der Waals surface area contributed by atoms with Gasteiger partial charge in [-0.25, -0.2) is 0 Å². The third-order valence-corrected chi connectivity index (χ3v) is 3.90. The third kappa shape index (κ3) is 1.94. The normalized spacial score (nSPS) is 10.8. The van der Waals surface area contributed by atoms with Gasteiger partial charge in [0.25, 0.3) is 0 Å². The summed E-state index contributed by atoms with van der Waals surface area (Å²) < 4.78 is 4.43. The van der Waals surface area contributed by atoms with Crippen molar-refractivity contribution in [2.75, 3.05) is 0 Å². The standard InChI is InChI=1S/C18H19N2/c1-14-17(15-10-6-4-7-11-15)19(2)20(3)18(14)16-12-8-5-9-13-16/h4-13H,1-3H3/q+1. The van der Waals surface area contributed by atoms with E-state index in [9.17, 15) is 0 Å². The van der Waals surface area contributed by atoms with Gasteiger partial charge < -0.3 is 0 Å². The number of benzene rings is 2. The Kier molecular flexibility index (Phi) is 3.15. The molecule has 0 saturated carbocycles. The molecule has 0 unspecified atom stereocenters. The lowest BCUT2D eigenvalue weighted by atomic mass is 10.0. The maximum absolute atomic E-state index is 2.22. The van der Waals surface area contributed by atoms with Crippen molar-refractivity contribution < 1.29 is 4.68 Å². The molecule has 2 nitrogen and oxygen atoms in total. The highest BCUT2D eigenvalue weighted by Gasteiger charge is 2.24. The maximum Gasteiger partial charge on any atom is 0.241 e. The molecular weight excluding hydrogens is 244 g/mol. The van der Waals surface area contributed by atoms with E-state index in [-0.39, 0.29) is 0 Å². The summed E-state index contributed by atoms with van der Waals surface area (Å²) in [5, 5.41) is 0. The van der Waals surface area contributed by atoms with Gasteiger partial charge in [-0.2, -0.15) is 4.68 Å². The Morgan fingerprint density at radius 2 is 1.30 bits per heavy atom. The Hall–Kier alpha value is -2.35. The number of nitrogens with zero attached hydrogens (tertiary/aromatic N) is 2. The lowest BCUT2D eigenvalue weighted by molar-refractivity contribution is -0.740. The van der Waals surface area contributed by atoms with Crippen LogP contribution in [-0.2, 0) is 14.1 Å². The molecule has 0 aliphatic heterocycles. The molecule has 0 fully saturated rings. The molecule has 0 N–H and O–H groups in total. The summed E-state index contributed by atoms with van der Waals surface area (Å²) in [6.45, 7) is 2.20. The summed E-state index contributed by atoms with van der Waals surface area (Å²) in [5.74, 6) is 0. The average molecular weight is 263 g/mol. The third-order valence-electron chi connectivity index (χ3n) is 3.90. The molecule has 20 heavy (non-hydrogen) atoms. The fourth-order valence-corrected chi connectivity index (χ4v) is 2.90. The number of aromatic nitrogens is 2. The highest BCUT2D eigenvalue weighted by Crippen LogP contribution is 2.29. The molecule has 3 aromatic rings. The van der Waals surface area contributed by atoms with Crippen LogP contribution in [0, 0.1) is 6.92 Å². The van der Waals surface area contributed by atoms with Crippen molar-refractivity contribution in [3.05, 3.63) is 66.2 Å². The van der Waals surface area contributed by atoms with E-state index >= 15 is 0 Å². The largest absolute Gasteiger partial charge is 0.241 e. The van der Waals surface area contributed by atoms with Crippen LogP contribution in [0.4, 0.5) is 0 Å². The van der Waals surface area contributed by atoms with Crippen molar-refractivity contribution in [3.8, 4) is 22.5 Å². The fourth-order valence-electron chi connectivity index (χ4n) is 2.90. The molecule has 0 radical (unpaired) electrons. The molecule has 1 aromatic heterocycles. The van der Waals surface area contributed by atoms with Gasteiger partial charge in [0.1, 0.15) is 5.69 Å². The molecule has 3 rings (SSSR count). The topological polar surface area (TPSA) is 8.81 Å². The number of hydrogen-bond donors (Lipinski definition) is 0. The molecule has 2 aromatic carbocycles. The van der Waals surface area contributed by atoms with Crippen molar-refractivity contribution in [3.63, 3.8) is 0 Å². The van der Waals surface area contributed by atoms with Gasteiger partial charge >= 0.3 is 0 Å². The van der Waals surface area contributed by atoms with E-state index in [1.807, 2.05) is 0 Å². The highest BCUT2D eigenvalue weighted by atomic mass is 15.4. The second kappa shape index (κ2) is 4.97. The van der Waals surface area contributed by atoms with E-state index < -0.39 is 0 Å². The summed E-state index contributed by atoms with van der Waals surface area (Å²) in [7, 11) is 4.23. The first-order valence-corrected chi connectivity index (χ1v) is 6.86. The first-order valence-electron chi connectivity index (χ1n) is 6.86. The average Bonchev–Trinajstić information content (AvgIpc) is 2.71. The van der Waals surface area contributed by atoms with Crippen LogP contribution < -0.4 is 4.68 Å². The van der Waals surface area contributed by atoms with Gasteiger partial charge in [-0.3, -0.25) is 0 Å². The first kappa shape index (κ1) is 12.7. The van der Waals surface area contributed by atoms with Gasteiger partial charge in [0, 0.05) is 11.1 Å². The van der Waals surface area contributed by atoms with Crippen molar-refractivity contribution in [2.45, 2.75) is 6.92 Å². The minimum Gasteiger partial charge on any atom is -0.156 e. The Bertz CT molecular complexity index is 662. The van der Waals surface area contributed by atoms with Gasteiger partial charge in [-0.1, -0.05) is 48.5 Å². The van der Waals surface area contributed by atoms with Crippen LogP contribution in [0.25, 0.3) is 22.5 Å². The molecule has 0 aliphatic carbocycles. The maximum atomic E-state index is 2.22. The second-order valence-electron chi connectivity index (χ2n) is 5.10. The molecule has 1 heterocycles. The summed E-state index contributed by atoms with van der Waals surface area (Å²) in [6, 6.07) is 21.1. The molecule has 0 atom stereocenters. The van der Waals surface area contributed by atoms with Gasteiger partial charge in [-0.05, 0) is 19.1 Å². The van der Waals surface area contributed by atoms with E-state index in [0.29, 0.717) is 0 Å². The van der Waals surface area contributed by atoms with Crippen LogP contribution in [-0.4, -0.2) is 4.68 Å². The Balaban J connectivity index is 2.25. The van der Waals surface area contributed by atoms with E-state index in [1.54, 1.807) is 0 Å². The number of rotatable bonds is 2. The van der Waals surface area contributed by atoms with E-state index in [4.69, 9.17) is 0 Å². The van der Waals surface area contributed by atoms with Crippen molar-refractivity contribution in [1.82, 2.24) is 4.68 Å². The molecule has 100 valence electrons. The predicted molar refractivity (Wildman–Crippen MR) is 82.2 cm³/mol. The molecule has 0 saturated heterocycles. The quantitative estimate of drug-likeness (QED) is 0.626. The van der Waals surface area contributed by atoms with Gasteiger partial charge in [0.15, 0.2) is 7.05 Å². The van der Waals surface area contributed by atoms with Crippen molar-refractivity contribution >= 4 is 0 Å². The minimum atomic E-state index is 1.25. The Morgan fingerprint density at radius 1 is 0.800 bits per heavy atom. The smallest absolute Gasteiger partial charge is 0.156 e. The van der Waals surface area contributed by atoms with Crippen LogP contribution in [0.15, 0.2) is 60.7 Å². The minimum absolute atomic E-state index is 1.25. The summed E-state index contributed by atoms with van der Waals surface area (Å²) in [5.41, 5.74) is 6.36. The first-order chi connectivity index (χ1) is 9.70. The molecule has 0 amide bonds. The van der Waals surface area contributed by atoms with Crippen molar-refractivity contribution in [1.29, 1.82) is 0 Å². The van der Waals surface area contributed by atoms with Gasteiger partial charge in [-0.15, -0.1) is 4.68 Å². The molecular formula is C18H19N2+. The monoisotopic (exact) mass is 263 g/mol. The lowest BCUT2D eigenvalue weighted by Gasteiger charge is -2.00. The highest BCUT2D eigenvalue weighted by molar-refractivity contribution is 5.71. The van der Waals surface area contributed by atoms with Crippen LogP contribution >= 0.6 is 0 Å². The molecule has 2 heteroatoms. The molecule has 0 bridgehead atoms.